The van der Waals surface area contributed by atoms with Crippen molar-refractivity contribution < 1.29 is 18.5 Å². The molecule has 21 heavy (non-hydrogen) atoms. The van der Waals surface area contributed by atoms with Gasteiger partial charge in [0, 0.05) is 11.9 Å². The van der Waals surface area contributed by atoms with Crippen LogP contribution in [0.25, 0.3) is 0 Å². The highest BCUT2D eigenvalue weighted by Gasteiger charge is 2.28. The van der Waals surface area contributed by atoms with E-state index in [4.69, 9.17) is 11.6 Å². The van der Waals surface area contributed by atoms with Crippen molar-refractivity contribution in [2.24, 2.45) is 5.92 Å². The Morgan fingerprint density at radius 3 is 2.62 bits per heavy atom. The Hall–Kier alpha value is -1.76. The normalized spacial score (nSPS) is 21.3. The third kappa shape index (κ3) is 3.47. The Balaban J connectivity index is 2.14. The van der Waals surface area contributed by atoms with Gasteiger partial charge in [-0.1, -0.05) is 6.42 Å². The van der Waals surface area contributed by atoms with Crippen LogP contribution in [0.5, 0.6) is 0 Å². The number of halogens is 3. The molecule has 1 saturated carbocycles. The van der Waals surface area contributed by atoms with Gasteiger partial charge in [-0.3, -0.25) is 14.9 Å². The maximum absolute atomic E-state index is 13.2. The second-order valence-electron chi connectivity index (χ2n) is 4.96. The second-order valence-corrected chi connectivity index (χ2v) is 5.52. The summed E-state index contributed by atoms with van der Waals surface area (Å²) < 4.78 is 26.2. The highest BCUT2D eigenvalue weighted by atomic mass is 35.5. The molecule has 0 spiro atoms. The Bertz CT molecular complexity index is 583. The zero-order chi connectivity index (χ0) is 15.6. The summed E-state index contributed by atoms with van der Waals surface area (Å²) in [6.45, 7) is 0.253. The molecule has 1 fully saturated rings. The molecule has 114 valence electrons. The van der Waals surface area contributed by atoms with Crippen LogP contribution in [0.1, 0.15) is 29.6 Å². The summed E-state index contributed by atoms with van der Waals surface area (Å²) >= 11 is 6.07. The smallest absolute Gasteiger partial charge is 0.285 e. The van der Waals surface area contributed by atoms with E-state index < -0.39 is 33.7 Å². The van der Waals surface area contributed by atoms with Crippen molar-refractivity contribution in [2.75, 3.05) is 6.54 Å². The zero-order valence-corrected chi connectivity index (χ0v) is 11.7. The van der Waals surface area contributed by atoms with E-state index in [0.29, 0.717) is 12.1 Å². The molecule has 1 aliphatic carbocycles. The summed E-state index contributed by atoms with van der Waals surface area (Å²) in [7, 11) is 0. The van der Waals surface area contributed by atoms with Crippen molar-refractivity contribution >= 4 is 23.2 Å². The second kappa shape index (κ2) is 6.34. The molecule has 0 bridgehead atoms. The van der Waals surface area contributed by atoms with E-state index in [1.54, 1.807) is 0 Å². The van der Waals surface area contributed by atoms with Gasteiger partial charge in [0.15, 0.2) is 11.6 Å². The van der Waals surface area contributed by atoms with Crippen LogP contribution in [0.3, 0.4) is 0 Å². The minimum absolute atomic E-state index is 0.0507. The van der Waals surface area contributed by atoms with Gasteiger partial charge >= 0.3 is 0 Å². The van der Waals surface area contributed by atoms with E-state index in [0.717, 1.165) is 19.3 Å². The van der Waals surface area contributed by atoms with Gasteiger partial charge in [0.25, 0.3) is 11.6 Å². The molecule has 1 amide bonds. The van der Waals surface area contributed by atoms with Crippen LogP contribution in [0.15, 0.2) is 12.1 Å². The molecular formula is C13H13ClF2N2O3. The number of carbonyl (C=O) groups excluding carboxylic acids is 1. The fraction of sp³-hybridized carbons (Fsp3) is 0.462. The van der Waals surface area contributed by atoms with E-state index in [1.165, 1.54) is 0 Å². The predicted molar refractivity (Wildman–Crippen MR) is 72.3 cm³/mol. The number of nitro groups is 1. The molecule has 5 nitrogen and oxygen atoms in total. The third-order valence-corrected chi connectivity index (χ3v) is 4.15. The monoisotopic (exact) mass is 318 g/mol. The summed E-state index contributed by atoms with van der Waals surface area (Å²) in [5.41, 5.74) is -1.26. The molecular weight excluding hydrogens is 306 g/mol. The molecule has 1 N–H and O–H groups in total. The molecule has 1 aromatic rings. The lowest BCUT2D eigenvalue weighted by molar-refractivity contribution is -0.385. The summed E-state index contributed by atoms with van der Waals surface area (Å²) in [4.78, 5) is 21.8. The molecule has 0 aliphatic heterocycles. The van der Waals surface area contributed by atoms with Crippen LogP contribution in [0, 0.1) is 27.7 Å². The quantitative estimate of drug-likeness (QED) is 0.527. The molecule has 0 aromatic heterocycles. The van der Waals surface area contributed by atoms with Crippen LogP contribution in [0.4, 0.5) is 14.5 Å². The Morgan fingerprint density at radius 1 is 1.38 bits per heavy atom. The lowest BCUT2D eigenvalue weighted by Gasteiger charge is -2.14. The van der Waals surface area contributed by atoms with Crippen LogP contribution in [-0.4, -0.2) is 22.8 Å². The van der Waals surface area contributed by atoms with Gasteiger partial charge in [-0.25, -0.2) is 8.78 Å². The van der Waals surface area contributed by atoms with E-state index in [2.05, 4.69) is 5.32 Å². The van der Waals surface area contributed by atoms with Crippen molar-refractivity contribution in [1.29, 1.82) is 0 Å². The van der Waals surface area contributed by atoms with Crippen molar-refractivity contribution in [3.05, 3.63) is 39.4 Å². The Morgan fingerprint density at radius 2 is 2.05 bits per heavy atom. The van der Waals surface area contributed by atoms with Crippen molar-refractivity contribution in [1.82, 2.24) is 5.32 Å². The number of hydrogen-bond donors (Lipinski definition) is 1. The van der Waals surface area contributed by atoms with E-state index in [1.807, 2.05) is 0 Å². The fourth-order valence-electron chi connectivity index (χ4n) is 2.41. The number of nitrogens with one attached hydrogen (secondary N) is 1. The number of hydrogen-bond acceptors (Lipinski definition) is 3. The van der Waals surface area contributed by atoms with Crippen molar-refractivity contribution in [3.8, 4) is 0 Å². The summed E-state index contributed by atoms with van der Waals surface area (Å²) in [6.07, 6.45) is 2.67. The number of benzene rings is 1. The minimum atomic E-state index is -1.37. The highest BCUT2D eigenvalue weighted by molar-refractivity contribution is 6.21. The van der Waals surface area contributed by atoms with Gasteiger partial charge < -0.3 is 5.32 Å². The number of rotatable bonds is 4. The molecule has 2 unspecified atom stereocenters. The van der Waals surface area contributed by atoms with Crippen molar-refractivity contribution in [2.45, 2.75) is 24.6 Å². The lowest BCUT2D eigenvalue weighted by atomic mass is 10.1. The molecule has 1 aliphatic rings. The first-order chi connectivity index (χ1) is 9.90. The maximum Gasteiger partial charge on any atom is 0.285 e. The number of nitro benzene ring substituents is 1. The number of amides is 1. The van der Waals surface area contributed by atoms with Crippen LogP contribution in [-0.2, 0) is 0 Å². The first-order valence-electron chi connectivity index (χ1n) is 6.46. The first kappa shape index (κ1) is 15.6. The standard InChI is InChI=1S/C13H13ClF2N2O3/c14-9-3-1-2-7(9)6-17-13(19)8-4-10(15)11(16)5-12(8)18(20)21/h4-5,7,9H,1-3,6H2,(H,17,19). The van der Waals surface area contributed by atoms with Crippen LogP contribution in [0.2, 0.25) is 0 Å². The number of carbonyl (C=O) groups is 1. The zero-order valence-electron chi connectivity index (χ0n) is 10.9. The number of nitrogens with zero attached hydrogens (tertiary/aromatic N) is 1. The molecule has 0 radical (unpaired) electrons. The average molecular weight is 319 g/mol. The van der Waals surface area contributed by atoms with Crippen LogP contribution >= 0.6 is 11.6 Å². The summed E-state index contributed by atoms with van der Waals surface area (Å²) in [5, 5.41) is 13.3. The molecule has 8 heteroatoms. The Labute approximate surface area is 124 Å². The summed E-state index contributed by atoms with van der Waals surface area (Å²) in [5.74, 6) is -3.40. The SMILES string of the molecule is O=C(NCC1CCCC1Cl)c1cc(F)c(F)cc1[N+](=O)[O-]. The lowest BCUT2D eigenvalue weighted by Crippen LogP contribution is -2.31. The van der Waals surface area contributed by atoms with Gasteiger partial charge in [-0.15, -0.1) is 11.6 Å². The molecule has 2 atom stereocenters. The third-order valence-electron chi connectivity index (χ3n) is 3.57. The van der Waals surface area contributed by atoms with Gasteiger partial charge in [0.1, 0.15) is 5.56 Å². The van der Waals surface area contributed by atoms with Gasteiger partial charge in [0.2, 0.25) is 0 Å². The van der Waals surface area contributed by atoms with Gasteiger partial charge in [0.05, 0.1) is 11.0 Å². The molecule has 0 saturated heterocycles. The topological polar surface area (TPSA) is 72.2 Å². The predicted octanol–water partition coefficient (Wildman–Crippen LogP) is 3.01. The Kier molecular flexibility index (Phi) is 4.72. The fourth-order valence-corrected chi connectivity index (χ4v) is 2.78. The molecule has 2 rings (SSSR count). The van der Waals surface area contributed by atoms with E-state index in [-0.39, 0.29) is 17.8 Å². The highest BCUT2D eigenvalue weighted by Crippen LogP contribution is 2.29. The van der Waals surface area contributed by atoms with E-state index in [9.17, 15) is 23.7 Å². The van der Waals surface area contributed by atoms with Crippen LogP contribution < -0.4 is 5.32 Å². The number of alkyl halides is 1. The molecule has 1 aromatic carbocycles. The van der Waals surface area contributed by atoms with Gasteiger partial charge in [-0.05, 0) is 24.8 Å². The molecule has 0 heterocycles. The van der Waals surface area contributed by atoms with E-state index >= 15 is 0 Å². The van der Waals surface area contributed by atoms with Crippen molar-refractivity contribution in [3.63, 3.8) is 0 Å². The minimum Gasteiger partial charge on any atom is -0.351 e. The first-order valence-corrected chi connectivity index (χ1v) is 6.89. The van der Waals surface area contributed by atoms with Gasteiger partial charge in [-0.2, -0.15) is 0 Å². The maximum atomic E-state index is 13.2. The largest absolute Gasteiger partial charge is 0.351 e. The average Bonchev–Trinajstić information content (AvgIpc) is 2.84. The summed E-state index contributed by atoms with van der Waals surface area (Å²) in [6, 6.07) is 0.944.